The molecule has 0 radical (unpaired) electrons. The minimum absolute atomic E-state index is 0.0904. The summed E-state index contributed by atoms with van der Waals surface area (Å²) in [7, 11) is 1.61. The van der Waals surface area contributed by atoms with Crippen molar-refractivity contribution in [1.82, 2.24) is 10.2 Å². The highest BCUT2D eigenvalue weighted by Crippen LogP contribution is 2.38. The van der Waals surface area contributed by atoms with E-state index in [1.807, 2.05) is 30.3 Å². The highest BCUT2D eigenvalue weighted by atomic mass is 16.6. The minimum atomic E-state index is -0.555. The van der Waals surface area contributed by atoms with E-state index in [4.69, 9.17) is 0 Å². The number of nitro groups is 1. The Bertz CT molecular complexity index is 986. The van der Waals surface area contributed by atoms with Gasteiger partial charge in [-0.1, -0.05) is 36.4 Å². The SMILES string of the molecule is CN1C(=O)N[C@@H](c2ccccc2)C2=C1CN(c1cccc([N+](=O)[O-])c1)C2=O. The molecule has 27 heavy (non-hydrogen) atoms. The number of nitrogens with zero attached hydrogens (tertiary/aromatic N) is 3. The van der Waals surface area contributed by atoms with Crippen LogP contribution in [0.15, 0.2) is 65.9 Å². The number of benzene rings is 2. The molecule has 1 atom stereocenters. The molecule has 4 rings (SSSR count). The Morgan fingerprint density at radius 2 is 1.85 bits per heavy atom. The van der Waals surface area contributed by atoms with E-state index in [2.05, 4.69) is 5.32 Å². The summed E-state index contributed by atoms with van der Waals surface area (Å²) < 4.78 is 0. The highest BCUT2D eigenvalue weighted by Gasteiger charge is 2.43. The molecule has 2 aliphatic heterocycles. The number of amides is 3. The van der Waals surface area contributed by atoms with Crippen LogP contribution in [0.4, 0.5) is 16.2 Å². The molecule has 2 aromatic carbocycles. The van der Waals surface area contributed by atoms with Crippen LogP contribution in [-0.2, 0) is 4.79 Å². The molecule has 0 bridgehead atoms. The van der Waals surface area contributed by atoms with E-state index in [1.54, 1.807) is 19.2 Å². The predicted molar refractivity (Wildman–Crippen MR) is 98.0 cm³/mol. The third-order valence-electron chi connectivity index (χ3n) is 4.85. The van der Waals surface area contributed by atoms with Crippen LogP contribution in [0.5, 0.6) is 0 Å². The van der Waals surface area contributed by atoms with Crippen LogP contribution in [0.1, 0.15) is 11.6 Å². The molecule has 0 aromatic heterocycles. The number of hydrogen-bond donors (Lipinski definition) is 1. The number of rotatable bonds is 3. The maximum atomic E-state index is 13.2. The lowest BCUT2D eigenvalue weighted by Gasteiger charge is -2.31. The van der Waals surface area contributed by atoms with Gasteiger partial charge in [-0.2, -0.15) is 0 Å². The van der Waals surface area contributed by atoms with Crippen molar-refractivity contribution in [1.29, 1.82) is 0 Å². The summed E-state index contributed by atoms with van der Waals surface area (Å²) in [6.45, 7) is 0.183. The molecule has 0 aliphatic carbocycles. The third-order valence-corrected chi connectivity index (χ3v) is 4.85. The number of carbonyl (C=O) groups excluding carboxylic acids is 2. The van der Waals surface area contributed by atoms with Crippen molar-refractivity contribution in [3.05, 3.63) is 81.5 Å². The molecular formula is C19H16N4O4. The topological polar surface area (TPSA) is 95.8 Å². The summed E-state index contributed by atoms with van der Waals surface area (Å²) >= 11 is 0. The van der Waals surface area contributed by atoms with Gasteiger partial charge in [0.05, 0.1) is 34.5 Å². The number of non-ortho nitro benzene ring substituents is 1. The average Bonchev–Trinajstić information content (AvgIpc) is 3.03. The van der Waals surface area contributed by atoms with Gasteiger partial charge in [-0.05, 0) is 11.6 Å². The second kappa shape index (κ2) is 6.24. The van der Waals surface area contributed by atoms with Gasteiger partial charge in [0, 0.05) is 19.2 Å². The van der Waals surface area contributed by atoms with Crippen LogP contribution in [0, 0.1) is 10.1 Å². The molecule has 3 amide bonds. The number of likely N-dealkylation sites (N-methyl/N-ethyl adjacent to an activating group) is 1. The Labute approximate surface area is 154 Å². The number of hydrogen-bond acceptors (Lipinski definition) is 4. The van der Waals surface area contributed by atoms with E-state index < -0.39 is 11.0 Å². The summed E-state index contributed by atoms with van der Waals surface area (Å²) in [6.07, 6.45) is 0. The van der Waals surface area contributed by atoms with Crippen molar-refractivity contribution in [3.8, 4) is 0 Å². The van der Waals surface area contributed by atoms with E-state index in [9.17, 15) is 19.7 Å². The van der Waals surface area contributed by atoms with Crippen LogP contribution >= 0.6 is 0 Å². The number of nitrogens with one attached hydrogen (secondary N) is 1. The first-order valence-corrected chi connectivity index (χ1v) is 8.36. The van der Waals surface area contributed by atoms with Crippen LogP contribution in [0.3, 0.4) is 0 Å². The normalized spacial score (nSPS) is 19.2. The van der Waals surface area contributed by atoms with Crippen molar-refractivity contribution in [2.75, 3.05) is 18.5 Å². The summed E-state index contributed by atoms with van der Waals surface area (Å²) in [4.78, 5) is 39.0. The molecule has 136 valence electrons. The molecule has 0 fully saturated rings. The van der Waals surface area contributed by atoms with Gasteiger partial charge in [-0.25, -0.2) is 4.79 Å². The van der Waals surface area contributed by atoms with Crippen molar-refractivity contribution >= 4 is 23.3 Å². The quantitative estimate of drug-likeness (QED) is 0.669. The lowest BCUT2D eigenvalue weighted by atomic mass is 9.96. The van der Waals surface area contributed by atoms with Crippen LogP contribution in [0.2, 0.25) is 0 Å². The molecule has 0 spiro atoms. The van der Waals surface area contributed by atoms with Crippen molar-refractivity contribution in [2.45, 2.75) is 6.04 Å². The van der Waals surface area contributed by atoms with Gasteiger partial charge < -0.3 is 10.2 Å². The highest BCUT2D eigenvalue weighted by molar-refractivity contribution is 6.11. The first kappa shape index (κ1) is 16.8. The van der Waals surface area contributed by atoms with E-state index in [-0.39, 0.29) is 24.2 Å². The van der Waals surface area contributed by atoms with Gasteiger partial charge in [0.25, 0.3) is 11.6 Å². The lowest BCUT2D eigenvalue weighted by Crippen LogP contribution is -2.45. The molecule has 1 N–H and O–H groups in total. The van der Waals surface area contributed by atoms with Gasteiger partial charge in [0.2, 0.25) is 0 Å². The molecule has 8 heteroatoms. The zero-order valence-corrected chi connectivity index (χ0v) is 14.5. The predicted octanol–water partition coefficient (Wildman–Crippen LogP) is 2.59. The summed E-state index contributed by atoms with van der Waals surface area (Å²) in [5.41, 5.74) is 2.23. The largest absolute Gasteiger partial charge is 0.327 e. The maximum Gasteiger partial charge on any atom is 0.322 e. The second-order valence-electron chi connectivity index (χ2n) is 6.38. The van der Waals surface area contributed by atoms with E-state index in [0.717, 1.165) is 5.56 Å². The Morgan fingerprint density at radius 3 is 2.56 bits per heavy atom. The molecule has 2 aliphatic rings. The van der Waals surface area contributed by atoms with Gasteiger partial charge >= 0.3 is 6.03 Å². The van der Waals surface area contributed by atoms with Gasteiger partial charge in [-0.15, -0.1) is 0 Å². The fourth-order valence-corrected chi connectivity index (χ4v) is 3.45. The number of urea groups is 1. The fraction of sp³-hybridized carbons (Fsp3) is 0.158. The molecule has 0 saturated carbocycles. The van der Waals surface area contributed by atoms with Gasteiger partial charge in [0.1, 0.15) is 0 Å². The van der Waals surface area contributed by atoms with E-state index in [0.29, 0.717) is 17.0 Å². The maximum absolute atomic E-state index is 13.2. The van der Waals surface area contributed by atoms with Crippen molar-refractivity contribution in [2.24, 2.45) is 0 Å². The van der Waals surface area contributed by atoms with Crippen molar-refractivity contribution < 1.29 is 14.5 Å². The molecule has 0 unspecified atom stereocenters. The zero-order valence-electron chi connectivity index (χ0n) is 14.5. The Balaban J connectivity index is 1.75. The second-order valence-corrected chi connectivity index (χ2v) is 6.38. The smallest absolute Gasteiger partial charge is 0.322 e. The van der Waals surface area contributed by atoms with E-state index >= 15 is 0 Å². The summed E-state index contributed by atoms with van der Waals surface area (Å²) in [6, 6.07) is 14.3. The monoisotopic (exact) mass is 364 g/mol. The van der Waals surface area contributed by atoms with Crippen LogP contribution in [0.25, 0.3) is 0 Å². The number of anilines is 1. The van der Waals surface area contributed by atoms with Gasteiger partial charge in [-0.3, -0.25) is 19.8 Å². The van der Waals surface area contributed by atoms with Crippen molar-refractivity contribution in [3.63, 3.8) is 0 Å². The molecule has 2 aromatic rings. The summed E-state index contributed by atoms with van der Waals surface area (Å²) in [5, 5.41) is 13.9. The third kappa shape index (κ3) is 2.71. The Hall–Kier alpha value is -3.68. The lowest BCUT2D eigenvalue weighted by molar-refractivity contribution is -0.384. The molecule has 8 nitrogen and oxygen atoms in total. The molecule has 2 heterocycles. The molecular weight excluding hydrogens is 348 g/mol. The average molecular weight is 364 g/mol. The number of nitro benzene ring substituents is 1. The van der Waals surface area contributed by atoms with E-state index in [1.165, 1.54) is 21.9 Å². The zero-order chi connectivity index (χ0) is 19.1. The van der Waals surface area contributed by atoms with Crippen LogP contribution in [-0.4, -0.2) is 35.4 Å². The number of carbonyl (C=O) groups is 2. The fourth-order valence-electron chi connectivity index (χ4n) is 3.45. The Morgan fingerprint density at radius 1 is 1.11 bits per heavy atom. The minimum Gasteiger partial charge on any atom is -0.327 e. The first-order chi connectivity index (χ1) is 13.0. The first-order valence-electron chi connectivity index (χ1n) is 8.36. The summed E-state index contributed by atoms with van der Waals surface area (Å²) in [5.74, 6) is -0.272. The standard InChI is InChI=1S/C19H16N4O4/c1-21-15-11-22(13-8-5-9-14(10-13)23(26)27)18(24)16(15)17(20-19(21)25)12-6-3-2-4-7-12/h2-10,17H,11H2,1H3,(H,20,25)/t17-/m0/s1. The van der Waals surface area contributed by atoms with Crippen LogP contribution < -0.4 is 10.2 Å². The Kier molecular flexibility index (Phi) is 3.88. The molecule has 0 saturated heterocycles. The van der Waals surface area contributed by atoms with Gasteiger partial charge in [0.15, 0.2) is 0 Å².